The highest BCUT2D eigenvalue weighted by Crippen LogP contribution is 2.52. The number of carbonyl (C=O) groups is 4. The summed E-state index contributed by atoms with van der Waals surface area (Å²) in [5.41, 5.74) is 39.0. The Labute approximate surface area is 773 Å². The Bertz CT molecular complexity index is 7460. The van der Waals surface area contributed by atoms with Crippen LogP contribution in [-0.4, -0.2) is 150 Å². The van der Waals surface area contributed by atoms with Gasteiger partial charge in [0.25, 0.3) is 0 Å². The Kier molecular flexibility index (Phi) is 24.8. The lowest BCUT2D eigenvalue weighted by atomic mass is 9.90. The molecule has 0 amide bonds. The van der Waals surface area contributed by atoms with Gasteiger partial charge in [-0.1, -0.05) is 89.4 Å². The van der Waals surface area contributed by atoms with Crippen molar-refractivity contribution >= 4 is 125 Å². The fraction of sp³-hybridized carbons (Fsp3) is 0.200. The molecule has 20 rings (SSSR count). The molecule has 0 radical (unpaired) electrons. The van der Waals surface area contributed by atoms with Crippen molar-refractivity contribution in [1.82, 2.24) is 39.1 Å². The van der Waals surface area contributed by atoms with E-state index in [2.05, 4.69) is 59.7 Å². The summed E-state index contributed by atoms with van der Waals surface area (Å²) in [5.74, 6) is -2.26. The summed E-state index contributed by atoms with van der Waals surface area (Å²) in [6.07, 6.45) is 10.5. The number of fused-ring (bicyclic) bond motifs is 6. The Balaban J connectivity index is 0.000000124. The van der Waals surface area contributed by atoms with Gasteiger partial charge >= 0.3 is 0 Å². The van der Waals surface area contributed by atoms with Gasteiger partial charge in [0.15, 0.2) is 23.1 Å². The van der Waals surface area contributed by atoms with Crippen molar-refractivity contribution in [2.75, 3.05) is 52.4 Å². The lowest BCUT2D eigenvalue weighted by Gasteiger charge is -2.19. The zero-order valence-corrected chi connectivity index (χ0v) is 74.4. The van der Waals surface area contributed by atoms with E-state index in [1.807, 2.05) is 38.2 Å². The smallest absolute Gasteiger partial charge is 0.240 e. The molecule has 662 valence electrons. The number of nitrogens with zero attached hydrogens (tertiary/aromatic N) is 16. The maximum Gasteiger partial charge on any atom is 0.240 e. The zero-order chi connectivity index (χ0) is 94.0. The number of rotatable bonds is 16. The van der Waals surface area contributed by atoms with Gasteiger partial charge in [-0.05, 0) is 167 Å². The van der Waals surface area contributed by atoms with E-state index >= 15 is 17.6 Å². The van der Waals surface area contributed by atoms with Crippen LogP contribution < -0.4 is 32.4 Å². The number of benzene rings is 10. The highest BCUT2D eigenvalue weighted by Gasteiger charge is 2.36. The predicted molar refractivity (Wildman–Crippen MR) is 507 cm³/mol. The van der Waals surface area contributed by atoms with Crippen LogP contribution in [0.4, 0.5) is 40.3 Å². The first kappa shape index (κ1) is 89.9. The van der Waals surface area contributed by atoms with Crippen LogP contribution in [0, 0.1) is 63.4 Å². The molecule has 6 aliphatic rings. The van der Waals surface area contributed by atoms with Crippen LogP contribution in [0.25, 0.3) is 130 Å². The minimum Gasteiger partial charge on any atom is -0.501 e. The molecule has 0 spiro atoms. The summed E-state index contributed by atoms with van der Waals surface area (Å²) < 4.78 is 79.8. The largest absolute Gasteiger partial charge is 0.501 e. The molecular formula is C100H77Cl3F4N20O6. The minimum absolute atomic E-state index is 0.00335. The average molecular weight is 1840 g/mol. The zero-order valence-electron chi connectivity index (χ0n) is 72.1. The van der Waals surface area contributed by atoms with Crippen LogP contribution in [0.15, 0.2) is 172 Å². The van der Waals surface area contributed by atoms with Crippen LogP contribution in [0.2, 0.25) is 15.1 Å². The van der Waals surface area contributed by atoms with Crippen LogP contribution >= 0.6 is 34.8 Å². The molecule has 0 bridgehead atoms. The fourth-order valence-electron chi connectivity index (χ4n) is 17.2. The van der Waals surface area contributed by atoms with Crippen molar-refractivity contribution in [1.29, 1.82) is 0 Å². The summed E-state index contributed by atoms with van der Waals surface area (Å²) in [6, 6.07) is 35.9. The van der Waals surface area contributed by atoms with Crippen LogP contribution in [0.3, 0.4) is 0 Å². The molecule has 2 fully saturated rings. The van der Waals surface area contributed by atoms with Gasteiger partial charge in [-0.15, -0.1) is 0 Å². The number of aliphatic imine (C=N–C) groups is 4. The van der Waals surface area contributed by atoms with Crippen LogP contribution in [0.5, 0.6) is 11.5 Å². The highest BCUT2D eigenvalue weighted by atomic mass is 35.5. The van der Waals surface area contributed by atoms with Crippen LogP contribution in [0.1, 0.15) is 100 Å². The van der Waals surface area contributed by atoms with E-state index in [0.717, 1.165) is 53.6 Å². The Morgan fingerprint density at radius 3 is 1.07 bits per heavy atom. The van der Waals surface area contributed by atoms with E-state index in [0.29, 0.717) is 162 Å². The van der Waals surface area contributed by atoms with E-state index in [1.54, 1.807) is 136 Å². The summed E-state index contributed by atoms with van der Waals surface area (Å²) >= 11 is 19.6. The lowest BCUT2D eigenvalue weighted by molar-refractivity contribution is 0.0989. The van der Waals surface area contributed by atoms with E-state index < -0.39 is 29.1 Å². The quantitative estimate of drug-likeness (QED) is 0.0516. The summed E-state index contributed by atoms with van der Waals surface area (Å²) in [5, 5.41) is 20.9. The van der Waals surface area contributed by atoms with Gasteiger partial charge in [0.2, 0.25) is 22.7 Å². The third-order valence-corrected chi connectivity index (χ3v) is 24.6. The molecule has 0 atom stereocenters. The number of hydrogen-bond donors (Lipinski definition) is 4. The monoisotopic (exact) mass is 1830 g/mol. The van der Waals surface area contributed by atoms with Crippen molar-refractivity contribution in [3.63, 3.8) is 0 Å². The Morgan fingerprint density at radius 2 is 0.699 bits per heavy atom. The number of aromatic nitrogens is 8. The van der Waals surface area contributed by atoms with Gasteiger partial charge in [-0.25, -0.2) is 36.9 Å². The molecule has 26 nitrogen and oxygen atoms in total. The van der Waals surface area contributed by atoms with Gasteiger partial charge in [0.1, 0.15) is 60.9 Å². The lowest BCUT2D eigenvalue weighted by Crippen LogP contribution is -2.26. The van der Waals surface area contributed by atoms with Gasteiger partial charge in [0, 0.05) is 138 Å². The van der Waals surface area contributed by atoms with Gasteiger partial charge in [-0.2, -0.15) is 20.4 Å². The maximum absolute atomic E-state index is 15.6. The minimum atomic E-state index is -0.701. The third kappa shape index (κ3) is 16.6. The molecule has 8 N–H and O–H groups in total. The second-order valence-corrected chi connectivity index (χ2v) is 33.5. The normalized spacial score (nSPS) is 14.1. The molecule has 8 heterocycles. The standard InChI is InChI=1S/C25H21ClFN5O2.C25H17ClFN5O.C25H22ClN5O2.C25H17F2N5O/c1-12-6-20(34-14-4-5-14)24(29-2)22(23(12)27)25-16(10-31-32(25)3)13-7-15-18(9-28)30-11-19(33)21(15)17(26)8-13;1-29-24-15-6-4-3-5-13(15)9-19(27)23(24)25-17(11-31-32(25)2)14-7-16-20(10-28)30-12-21(33)22(16)18(26)8-14;1-13-6-17(24(28-2)22(7-13)33-15-4-5-15)25-18(11-30-31(25)3)14-8-16-20(10-27)29-12-21(32)23(16)19(26)9-14;1-29-24-15-6-4-3-5-13(15)8-19(27)23(24)25-17(11-31-32(25)2)14-7-16-20(10-28)30-12-21(33)22(16)18(26)9-14/h6-8,10,14H,4-5,9,11,28H2,1,3H3;3-9,11H,10,12,28H2,2H3;6-9,11,15H,4-5,10,12,27H2,1,3H3;3-9,11H,10,12,28H2,2H3. The molecular weight excluding hydrogens is 1760 g/mol. The highest BCUT2D eigenvalue weighted by molar-refractivity contribution is 6.38. The van der Waals surface area contributed by atoms with E-state index in [1.165, 1.54) is 38.4 Å². The Morgan fingerprint density at radius 1 is 0.376 bits per heavy atom. The molecule has 0 saturated heterocycles. The van der Waals surface area contributed by atoms with Crippen molar-refractivity contribution in [2.45, 2.75) is 51.7 Å². The number of Topliss-reactive ketones (excluding diaryl/α,β-unsaturated/α-hetero) is 4. The van der Waals surface area contributed by atoms with Crippen molar-refractivity contribution in [3.8, 4) is 101 Å². The summed E-state index contributed by atoms with van der Waals surface area (Å²) in [7, 11) is 6.85. The number of ether oxygens (including phenoxy) is 2. The molecule has 2 saturated carbocycles. The number of carbonyl (C=O) groups excluding carboxylic acids is 4. The third-order valence-electron chi connectivity index (χ3n) is 23.7. The van der Waals surface area contributed by atoms with E-state index in [9.17, 15) is 19.2 Å². The number of halogens is 7. The van der Waals surface area contributed by atoms with Crippen molar-refractivity contribution in [2.24, 2.45) is 71.1 Å². The molecule has 14 aromatic rings. The maximum atomic E-state index is 15.6. The van der Waals surface area contributed by atoms with Crippen molar-refractivity contribution in [3.05, 3.63) is 292 Å². The average Bonchev–Trinajstić information content (AvgIpc) is 1.69. The molecule has 33 heteroatoms. The second-order valence-electron chi connectivity index (χ2n) is 32.3. The van der Waals surface area contributed by atoms with E-state index in [-0.39, 0.29) is 131 Å². The molecule has 4 aromatic heterocycles. The molecule has 133 heavy (non-hydrogen) atoms. The summed E-state index contributed by atoms with van der Waals surface area (Å²) in [6.45, 7) is 35.3. The predicted octanol–water partition coefficient (Wildman–Crippen LogP) is 19.5. The number of ketones is 4. The first-order chi connectivity index (χ1) is 64.1. The van der Waals surface area contributed by atoms with Crippen LogP contribution in [-0.2, 0) is 28.2 Å². The Hall–Kier alpha value is -15.1. The van der Waals surface area contributed by atoms with E-state index in [4.69, 9.17) is 93.5 Å². The topological polar surface area (TPSA) is 329 Å². The molecule has 0 unspecified atom stereocenters. The molecule has 10 aromatic carbocycles. The number of hydrogen-bond acceptors (Lipinski definition) is 18. The summed E-state index contributed by atoms with van der Waals surface area (Å²) in [4.78, 5) is 81.4. The van der Waals surface area contributed by atoms with Gasteiger partial charge in [-0.3, -0.25) is 57.9 Å². The second kappa shape index (κ2) is 36.7. The van der Waals surface area contributed by atoms with Crippen molar-refractivity contribution < 1.29 is 46.2 Å². The molecule has 4 aliphatic heterocycles. The number of nitrogens with two attached hydrogens (primary N) is 4. The first-order valence-corrected chi connectivity index (χ1v) is 43.0. The number of aryl methyl sites for hydroxylation is 6. The molecule has 2 aliphatic carbocycles. The fourth-order valence-corrected chi connectivity index (χ4v) is 18.2. The van der Waals surface area contributed by atoms with Gasteiger partial charge < -0.3 is 32.4 Å². The first-order valence-electron chi connectivity index (χ1n) is 41.9. The van der Waals surface area contributed by atoms with Gasteiger partial charge in [0.05, 0.1) is 130 Å². The SMILES string of the molecule is [C-]#[N+]c1c(-c2c(-c3cc(Cl)c4c(c3)C(CN)=NCC4=O)cnn2C)c(F)cc2ccccc12.[C-]#[N+]c1c(-c2c(-c3cc(F)c4c(c3)C(CN)=NCC4=O)cnn2C)c(F)cc2ccccc12.[C-]#[N+]c1c(OC2CC2)cc(C)c(F)c1-c1c(-c2cc(Cl)c3c(c2)C(CN)=NCC3=O)cnn1C.[C-]#[N+]c1c(OC2CC2)cc(C)cc1-c1c(-c2cc(Cl)c3c(c2)C(CN)=NCC3=O)cnn1C.